The Morgan fingerprint density at radius 3 is 3.17 bits per heavy atom. The lowest BCUT2D eigenvalue weighted by Crippen LogP contribution is -2.36. The highest BCUT2D eigenvalue weighted by molar-refractivity contribution is 5.85. The summed E-state index contributed by atoms with van der Waals surface area (Å²) in [4.78, 5) is 0. The lowest BCUT2D eigenvalue weighted by molar-refractivity contribution is 0.263. The third-order valence-electron chi connectivity index (χ3n) is 3.49. The minimum atomic E-state index is 0. The van der Waals surface area contributed by atoms with Crippen molar-refractivity contribution < 1.29 is 0 Å². The molecule has 2 atom stereocenters. The maximum absolute atomic E-state index is 3.51. The molecule has 2 rings (SSSR count). The summed E-state index contributed by atoms with van der Waals surface area (Å²) in [5.41, 5.74) is 0.634. The van der Waals surface area contributed by atoms with Gasteiger partial charge in [-0.05, 0) is 37.8 Å². The molecule has 0 spiro atoms. The van der Waals surface area contributed by atoms with Crippen LogP contribution in [0.3, 0.4) is 0 Å². The topological polar surface area (TPSA) is 24.1 Å². The van der Waals surface area contributed by atoms with Gasteiger partial charge in [0.05, 0.1) is 0 Å². The molecule has 0 amide bonds. The average molecular weight is 191 g/mol. The number of hydrogen-bond acceptors (Lipinski definition) is 2. The Morgan fingerprint density at radius 1 is 1.58 bits per heavy atom. The average Bonchev–Trinajstić information content (AvgIpc) is 2.45. The fraction of sp³-hybridized carbons (Fsp3) is 1.00. The van der Waals surface area contributed by atoms with E-state index in [1.54, 1.807) is 0 Å². The van der Waals surface area contributed by atoms with Crippen molar-refractivity contribution in [1.29, 1.82) is 0 Å². The largest absolute Gasteiger partial charge is 0.319 e. The third kappa shape index (κ3) is 1.48. The van der Waals surface area contributed by atoms with Gasteiger partial charge < -0.3 is 10.6 Å². The lowest BCUT2D eigenvalue weighted by atomic mass is 9.81. The molecule has 72 valence electrons. The molecular formula is C9H19ClN2. The normalized spacial score (nSPS) is 39.2. The van der Waals surface area contributed by atoms with E-state index in [0.717, 1.165) is 5.92 Å². The lowest BCUT2D eigenvalue weighted by Gasteiger charge is -2.27. The molecule has 1 aliphatic carbocycles. The van der Waals surface area contributed by atoms with Gasteiger partial charge in [-0.15, -0.1) is 12.4 Å². The van der Waals surface area contributed by atoms with Crippen molar-refractivity contribution in [3.05, 3.63) is 0 Å². The highest BCUT2D eigenvalue weighted by Gasteiger charge is 2.45. The molecule has 0 aromatic heterocycles. The molecule has 0 bridgehead atoms. The van der Waals surface area contributed by atoms with Crippen LogP contribution in [0.4, 0.5) is 0 Å². The highest BCUT2D eigenvalue weighted by atomic mass is 35.5. The predicted molar refractivity (Wildman–Crippen MR) is 53.8 cm³/mol. The van der Waals surface area contributed by atoms with Crippen LogP contribution in [0.2, 0.25) is 0 Å². The second-order valence-electron chi connectivity index (χ2n) is 4.11. The molecule has 3 heteroatoms. The van der Waals surface area contributed by atoms with Gasteiger partial charge in [-0.1, -0.05) is 6.42 Å². The molecule has 0 unspecified atom stereocenters. The fourth-order valence-corrected chi connectivity index (χ4v) is 2.90. The number of nitrogens with one attached hydrogen (secondary N) is 2. The molecule has 2 nitrogen and oxygen atoms in total. The van der Waals surface area contributed by atoms with Gasteiger partial charge in [-0.25, -0.2) is 0 Å². The SMILES string of the molecule is CNC[C@@]12CCC[C@@H]1CNC2.Cl. The fourth-order valence-electron chi connectivity index (χ4n) is 2.90. The standard InChI is InChI=1S/C9H18N2.ClH/c1-10-6-9-4-2-3-8(9)5-11-7-9;/h8,10-11H,2-7H2,1H3;1H/t8-,9-;/m1./s1. The predicted octanol–water partition coefficient (Wildman–Crippen LogP) is 1.02. The van der Waals surface area contributed by atoms with Crippen molar-refractivity contribution in [2.45, 2.75) is 19.3 Å². The molecule has 12 heavy (non-hydrogen) atoms. The minimum Gasteiger partial charge on any atom is -0.319 e. The number of fused-ring (bicyclic) bond motifs is 1. The van der Waals surface area contributed by atoms with Crippen molar-refractivity contribution in [3.8, 4) is 0 Å². The van der Waals surface area contributed by atoms with Gasteiger partial charge in [0, 0.05) is 13.1 Å². The Morgan fingerprint density at radius 2 is 2.42 bits per heavy atom. The summed E-state index contributed by atoms with van der Waals surface area (Å²) in [6.07, 6.45) is 4.34. The Balaban J connectivity index is 0.000000720. The van der Waals surface area contributed by atoms with E-state index < -0.39 is 0 Å². The van der Waals surface area contributed by atoms with Crippen molar-refractivity contribution >= 4 is 12.4 Å². The van der Waals surface area contributed by atoms with Gasteiger partial charge in [0.2, 0.25) is 0 Å². The molecular weight excluding hydrogens is 172 g/mol. The van der Waals surface area contributed by atoms with Crippen LogP contribution in [-0.4, -0.2) is 26.7 Å². The van der Waals surface area contributed by atoms with E-state index in [-0.39, 0.29) is 12.4 Å². The zero-order valence-electron chi connectivity index (χ0n) is 7.73. The summed E-state index contributed by atoms with van der Waals surface area (Å²) in [6, 6.07) is 0. The van der Waals surface area contributed by atoms with E-state index in [9.17, 15) is 0 Å². The molecule has 0 aromatic carbocycles. The maximum atomic E-state index is 3.51. The van der Waals surface area contributed by atoms with Gasteiger partial charge in [0.25, 0.3) is 0 Å². The van der Waals surface area contributed by atoms with Crippen LogP contribution in [0.15, 0.2) is 0 Å². The molecule has 0 aromatic rings. The Kier molecular flexibility index (Phi) is 3.38. The molecule has 2 N–H and O–H groups in total. The van der Waals surface area contributed by atoms with E-state index >= 15 is 0 Å². The van der Waals surface area contributed by atoms with Crippen molar-refractivity contribution in [2.24, 2.45) is 11.3 Å². The van der Waals surface area contributed by atoms with E-state index in [2.05, 4.69) is 17.7 Å². The van der Waals surface area contributed by atoms with Crippen LogP contribution < -0.4 is 10.6 Å². The summed E-state index contributed by atoms with van der Waals surface area (Å²) in [5.74, 6) is 0.968. The highest BCUT2D eigenvalue weighted by Crippen LogP contribution is 2.44. The van der Waals surface area contributed by atoms with Crippen LogP contribution in [-0.2, 0) is 0 Å². The van der Waals surface area contributed by atoms with E-state index in [4.69, 9.17) is 0 Å². The second-order valence-corrected chi connectivity index (χ2v) is 4.11. The summed E-state index contributed by atoms with van der Waals surface area (Å²) in [5, 5.41) is 6.84. The molecule has 0 radical (unpaired) electrons. The van der Waals surface area contributed by atoms with Crippen LogP contribution in [0.25, 0.3) is 0 Å². The van der Waals surface area contributed by atoms with E-state index in [1.165, 1.54) is 38.9 Å². The molecule has 1 saturated carbocycles. The van der Waals surface area contributed by atoms with Crippen molar-refractivity contribution in [3.63, 3.8) is 0 Å². The summed E-state index contributed by atoms with van der Waals surface area (Å²) in [7, 11) is 2.07. The Hall–Kier alpha value is 0.210. The van der Waals surface area contributed by atoms with Gasteiger partial charge in [-0.3, -0.25) is 0 Å². The van der Waals surface area contributed by atoms with Crippen molar-refractivity contribution in [1.82, 2.24) is 10.6 Å². The van der Waals surface area contributed by atoms with Gasteiger partial charge in [-0.2, -0.15) is 0 Å². The molecule has 1 saturated heterocycles. The molecule has 2 aliphatic rings. The first kappa shape index (κ1) is 10.3. The van der Waals surface area contributed by atoms with Crippen LogP contribution in [0.1, 0.15) is 19.3 Å². The van der Waals surface area contributed by atoms with Gasteiger partial charge in [0.1, 0.15) is 0 Å². The van der Waals surface area contributed by atoms with Crippen molar-refractivity contribution in [2.75, 3.05) is 26.7 Å². The monoisotopic (exact) mass is 190 g/mol. The zero-order chi connectivity index (χ0) is 7.73. The Bertz CT molecular complexity index is 139. The first-order chi connectivity index (χ1) is 5.37. The van der Waals surface area contributed by atoms with E-state index in [1.807, 2.05) is 0 Å². The summed E-state index contributed by atoms with van der Waals surface area (Å²) in [6.45, 7) is 3.73. The first-order valence-electron chi connectivity index (χ1n) is 4.73. The first-order valence-corrected chi connectivity index (χ1v) is 4.73. The Labute approximate surface area is 80.9 Å². The number of halogens is 1. The summed E-state index contributed by atoms with van der Waals surface area (Å²) >= 11 is 0. The van der Waals surface area contributed by atoms with Crippen LogP contribution in [0, 0.1) is 11.3 Å². The second kappa shape index (κ2) is 3.95. The summed E-state index contributed by atoms with van der Waals surface area (Å²) < 4.78 is 0. The number of rotatable bonds is 2. The van der Waals surface area contributed by atoms with E-state index in [0.29, 0.717) is 5.41 Å². The number of hydrogen-bond donors (Lipinski definition) is 2. The van der Waals surface area contributed by atoms with Gasteiger partial charge >= 0.3 is 0 Å². The van der Waals surface area contributed by atoms with Gasteiger partial charge in [0.15, 0.2) is 0 Å². The third-order valence-corrected chi connectivity index (χ3v) is 3.49. The zero-order valence-corrected chi connectivity index (χ0v) is 8.54. The molecule has 1 aliphatic heterocycles. The van der Waals surface area contributed by atoms with Crippen LogP contribution >= 0.6 is 12.4 Å². The molecule has 2 fully saturated rings. The maximum Gasteiger partial charge on any atom is 0.00232 e. The molecule has 1 heterocycles. The quantitative estimate of drug-likeness (QED) is 0.680. The van der Waals surface area contributed by atoms with Crippen LogP contribution in [0.5, 0.6) is 0 Å². The minimum absolute atomic E-state index is 0. The smallest absolute Gasteiger partial charge is 0.00232 e.